The zero-order valence-electron chi connectivity index (χ0n) is 16.7. The third-order valence-electron chi connectivity index (χ3n) is 4.63. The third kappa shape index (κ3) is 5.72. The number of carbonyl (C=O) groups excluding carboxylic acids is 1. The van der Waals surface area contributed by atoms with Crippen molar-refractivity contribution in [1.82, 2.24) is 15.3 Å². The molecular weight excluding hydrogens is 413 g/mol. The van der Waals surface area contributed by atoms with Gasteiger partial charge in [0, 0.05) is 35.1 Å². The SMILES string of the molecule is Cc1cc(C#Cc2nc3c(cc2NC(=O)C(F)(F)F)CCC(NC(=O)O)C3)cc(C)n1. The molecule has 7 nitrogen and oxygen atoms in total. The number of fused-ring (bicyclic) bond motifs is 1. The zero-order valence-corrected chi connectivity index (χ0v) is 16.7. The Hall–Kier alpha value is -3.61. The van der Waals surface area contributed by atoms with Gasteiger partial charge in [0.15, 0.2) is 0 Å². The molecule has 2 aromatic rings. The molecule has 3 rings (SSSR count). The number of alkyl halides is 3. The van der Waals surface area contributed by atoms with Crippen molar-refractivity contribution < 1.29 is 27.9 Å². The first-order chi connectivity index (χ1) is 14.5. The maximum Gasteiger partial charge on any atom is 0.471 e. The van der Waals surface area contributed by atoms with Crippen molar-refractivity contribution in [3.8, 4) is 11.8 Å². The van der Waals surface area contributed by atoms with Crippen LogP contribution in [-0.2, 0) is 17.6 Å². The van der Waals surface area contributed by atoms with Gasteiger partial charge in [0.05, 0.1) is 5.69 Å². The first kappa shape index (κ1) is 22.1. The number of aromatic nitrogens is 2. The van der Waals surface area contributed by atoms with Gasteiger partial charge >= 0.3 is 18.2 Å². The van der Waals surface area contributed by atoms with Gasteiger partial charge in [0.1, 0.15) is 5.69 Å². The molecule has 1 unspecified atom stereocenters. The third-order valence-corrected chi connectivity index (χ3v) is 4.63. The first-order valence-electron chi connectivity index (χ1n) is 9.39. The zero-order chi connectivity index (χ0) is 22.8. The van der Waals surface area contributed by atoms with Crippen LogP contribution in [0.1, 0.15) is 40.3 Å². The molecule has 0 radical (unpaired) electrons. The fourth-order valence-corrected chi connectivity index (χ4v) is 3.37. The van der Waals surface area contributed by atoms with Crippen molar-refractivity contribution in [2.24, 2.45) is 0 Å². The molecule has 0 aliphatic heterocycles. The molecule has 2 heterocycles. The second-order valence-corrected chi connectivity index (χ2v) is 7.22. The van der Waals surface area contributed by atoms with Crippen LogP contribution in [0.5, 0.6) is 0 Å². The van der Waals surface area contributed by atoms with Gasteiger partial charge in [-0.3, -0.25) is 9.78 Å². The van der Waals surface area contributed by atoms with E-state index in [2.05, 4.69) is 27.1 Å². The Labute approximate surface area is 176 Å². The van der Waals surface area contributed by atoms with E-state index in [0.29, 0.717) is 29.7 Å². The number of carbonyl (C=O) groups is 2. The van der Waals surface area contributed by atoms with Crippen LogP contribution >= 0.6 is 0 Å². The highest BCUT2D eigenvalue weighted by molar-refractivity contribution is 5.96. The summed E-state index contributed by atoms with van der Waals surface area (Å²) in [5.41, 5.74) is 3.07. The molecule has 1 atom stereocenters. The van der Waals surface area contributed by atoms with Crippen molar-refractivity contribution in [3.05, 3.63) is 52.1 Å². The fraction of sp³-hybridized carbons (Fsp3) is 0.333. The lowest BCUT2D eigenvalue weighted by Gasteiger charge is -2.24. The number of anilines is 1. The van der Waals surface area contributed by atoms with E-state index in [1.807, 2.05) is 5.32 Å². The minimum absolute atomic E-state index is 0.0283. The van der Waals surface area contributed by atoms with Crippen LogP contribution in [0.4, 0.5) is 23.7 Å². The number of hydrogen-bond donors (Lipinski definition) is 3. The van der Waals surface area contributed by atoms with Crippen LogP contribution in [0.15, 0.2) is 18.2 Å². The van der Waals surface area contributed by atoms with Crippen LogP contribution < -0.4 is 10.6 Å². The van der Waals surface area contributed by atoms with Gasteiger partial charge in [-0.05, 0) is 56.4 Å². The molecule has 0 spiro atoms. The topological polar surface area (TPSA) is 104 Å². The highest BCUT2D eigenvalue weighted by Crippen LogP contribution is 2.27. The molecule has 10 heteroatoms. The average Bonchev–Trinajstić information content (AvgIpc) is 2.64. The number of hydrogen-bond acceptors (Lipinski definition) is 4. The maximum atomic E-state index is 12.8. The Morgan fingerprint density at radius 3 is 2.42 bits per heavy atom. The summed E-state index contributed by atoms with van der Waals surface area (Å²) in [5, 5.41) is 13.2. The van der Waals surface area contributed by atoms with Crippen molar-refractivity contribution in [1.29, 1.82) is 0 Å². The monoisotopic (exact) mass is 432 g/mol. The van der Waals surface area contributed by atoms with Gasteiger partial charge < -0.3 is 15.7 Å². The second kappa shape index (κ2) is 8.63. The van der Waals surface area contributed by atoms with Crippen LogP contribution in [0.2, 0.25) is 0 Å². The van der Waals surface area contributed by atoms with Crippen LogP contribution in [0.3, 0.4) is 0 Å². The summed E-state index contributed by atoms with van der Waals surface area (Å²) in [4.78, 5) is 31.0. The predicted octanol–water partition coefficient (Wildman–Crippen LogP) is 3.12. The Kier molecular flexibility index (Phi) is 6.15. The molecule has 0 fully saturated rings. The maximum absolute atomic E-state index is 12.8. The molecule has 2 amide bonds. The summed E-state index contributed by atoms with van der Waals surface area (Å²) in [6.07, 6.45) is -5.08. The lowest BCUT2D eigenvalue weighted by atomic mass is 9.91. The Balaban J connectivity index is 2.01. The van der Waals surface area contributed by atoms with Crippen molar-refractivity contribution in [2.45, 2.75) is 45.3 Å². The Morgan fingerprint density at radius 1 is 1.13 bits per heavy atom. The van der Waals surface area contributed by atoms with Gasteiger partial charge in [0.2, 0.25) is 0 Å². The van der Waals surface area contributed by atoms with Gasteiger partial charge in [-0.25, -0.2) is 9.78 Å². The summed E-state index contributed by atoms with van der Waals surface area (Å²) in [6.45, 7) is 3.58. The summed E-state index contributed by atoms with van der Waals surface area (Å²) in [7, 11) is 0. The van der Waals surface area contributed by atoms with E-state index >= 15 is 0 Å². The van der Waals surface area contributed by atoms with Crippen molar-refractivity contribution >= 4 is 17.7 Å². The van der Waals surface area contributed by atoms with Crippen LogP contribution in [-0.4, -0.2) is 39.3 Å². The van der Waals surface area contributed by atoms with E-state index in [1.54, 1.807) is 26.0 Å². The van der Waals surface area contributed by atoms with E-state index in [0.717, 1.165) is 11.4 Å². The van der Waals surface area contributed by atoms with Crippen LogP contribution in [0, 0.1) is 25.7 Å². The summed E-state index contributed by atoms with van der Waals surface area (Å²) < 4.78 is 38.3. The molecule has 3 N–H and O–H groups in total. The number of rotatable bonds is 2. The second-order valence-electron chi connectivity index (χ2n) is 7.22. The lowest BCUT2D eigenvalue weighted by Crippen LogP contribution is -2.38. The predicted molar refractivity (Wildman–Crippen MR) is 106 cm³/mol. The van der Waals surface area contributed by atoms with Gasteiger partial charge in [-0.1, -0.05) is 5.92 Å². The number of amides is 2. The molecule has 0 saturated carbocycles. The van der Waals surface area contributed by atoms with E-state index in [4.69, 9.17) is 5.11 Å². The van der Waals surface area contributed by atoms with Gasteiger partial charge in [-0.15, -0.1) is 0 Å². The highest BCUT2D eigenvalue weighted by Gasteiger charge is 2.39. The largest absolute Gasteiger partial charge is 0.471 e. The molecule has 0 aromatic carbocycles. The van der Waals surface area contributed by atoms with Gasteiger partial charge in [0.25, 0.3) is 0 Å². The van der Waals surface area contributed by atoms with Gasteiger partial charge in [-0.2, -0.15) is 13.2 Å². The molecule has 31 heavy (non-hydrogen) atoms. The molecule has 0 saturated heterocycles. The molecule has 1 aliphatic carbocycles. The van der Waals surface area contributed by atoms with Crippen molar-refractivity contribution in [2.75, 3.05) is 5.32 Å². The number of carboxylic acid groups (broad SMARTS) is 1. The molecule has 0 bridgehead atoms. The average molecular weight is 432 g/mol. The minimum Gasteiger partial charge on any atom is -0.465 e. The number of halogens is 3. The standard InChI is InChI=1S/C21H19F3N4O3/c1-11-7-13(8-12(2)25-11)3-6-16-18(28-19(29)21(22,23)24)9-14-4-5-15(26-20(30)31)10-17(14)27-16/h7-9,15,26H,4-5,10H2,1-2H3,(H,28,29)(H,30,31). The normalized spacial score (nSPS) is 15.3. The van der Waals surface area contributed by atoms with E-state index in [9.17, 15) is 22.8 Å². The van der Waals surface area contributed by atoms with E-state index in [1.165, 1.54) is 6.07 Å². The quantitative estimate of drug-likeness (QED) is 0.633. The van der Waals surface area contributed by atoms with E-state index in [-0.39, 0.29) is 23.8 Å². The lowest BCUT2D eigenvalue weighted by molar-refractivity contribution is -0.167. The number of nitrogens with one attached hydrogen (secondary N) is 2. The molecule has 1 aliphatic rings. The summed E-state index contributed by atoms with van der Waals surface area (Å²) >= 11 is 0. The molecular formula is C21H19F3N4O3. The summed E-state index contributed by atoms with van der Waals surface area (Å²) in [6, 6.07) is 4.51. The Bertz CT molecular complexity index is 1080. The smallest absolute Gasteiger partial charge is 0.465 e. The Morgan fingerprint density at radius 2 is 1.81 bits per heavy atom. The van der Waals surface area contributed by atoms with Crippen LogP contribution in [0.25, 0.3) is 0 Å². The fourth-order valence-electron chi connectivity index (χ4n) is 3.37. The highest BCUT2D eigenvalue weighted by atomic mass is 19.4. The number of pyridine rings is 2. The molecule has 162 valence electrons. The number of aryl methyl sites for hydroxylation is 3. The number of nitrogens with zero attached hydrogens (tertiary/aromatic N) is 2. The van der Waals surface area contributed by atoms with E-state index < -0.39 is 18.2 Å². The molecule has 2 aromatic heterocycles. The summed E-state index contributed by atoms with van der Waals surface area (Å²) in [5.74, 6) is 3.47. The minimum atomic E-state index is -5.06. The van der Waals surface area contributed by atoms with Crippen molar-refractivity contribution in [3.63, 3.8) is 0 Å². The first-order valence-corrected chi connectivity index (χ1v) is 9.39.